The van der Waals surface area contributed by atoms with Gasteiger partial charge in [-0.3, -0.25) is 4.79 Å². The Morgan fingerprint density at radius 2 is 1.88 bits per heavy atom. The summed E-state index contributed by atoms with van der Waals surface area (Å²) in [5.41, 5.74) is 0. The van der Waals surface area contributed by atoms with Gasteiger partial charge in [-0.05, 0) is 44.7 Å². The van der Waals surface area contributed by atoms with Gasteiger partial charge in [-0.25, -0.2) is 0 Å². The lowest BCUT2D eigenvalue weighted by Crippen LogP contribution is -2.42. The minimum absolute atomic E-state index is 0.170. The molecule has 1 heterocycles. The number of hydrogen-bond acceptors (Lipinski definition) is 2. The van der Waals surface area contributed by atoms with Gasteiger partial charge in [0.2, 0.25) is 5.91 Å². The van der Waals surface area contributed by atoms with Crippen LogP contribution in [0.25, 0.3) is 0 Å². The Kier molecular flexibility index (Phi) is 5.96. The van der Waals surface area contributed by atoms with E-state index in [9.17, 15) is 4.79 Å². The Morgan fingerprint density at radius 3 is 2.35 bits per heavy atom. The van der Waals surface area contributed by atoms with Gasteiger partial charge in [0.15, 0.2) is 0 Å². The number of nitrogens with one attached hydrogen (secondary N) is 1. The van der Waals surface area contributed by atoms with E-state index in [1.54, 1.807) is 0 Å². The summed E-state index contributed by atoms with van der Waals surface area (Å²) >= 11 is 0. The first-order valence-electron chi connectivity index (χ1n) is 6.99. The van der Waals surface area contributed by atoms with Crippen LogP contribution >= 0.6 is 0 Å². The highest BCUT2D eigenvalue weighted by Crippen LogP contribution is 2.22. The lowest BCUT2D eigenvalue weighted by Gasteiger charge is -2.34. The second-order valence-corrected chi connectivity index (χ2v) is 5.69. The largest absolute Gasteiger partial charge is 0.342 e. The van der Waals surface area contributed by atoms with Crippen molar-refractivity contribution in [3.05, 3.63) is 0 Å². The van der Waals surface area contributed by atoms with E-state index in [2.05, 4.69) is 31.0 Å². The van der Waals surface area contributed by atoms with Gasteiger partial charge in [-0.1, -0.05) is 20.8 Å². The Hall–Kier alpha value is -0.570. The molecule has 1 aliphatic heterocycles. The van der Waals surface area contributed by atoms with Crippen LogP contribution in [0.2, 0.25) is 0 Å². The summed E-state index contributed by atoms with van der Waals surface area (Å²) in [5.74, 6) is 1.78. The molecule has 1 fully saturated rings. The van der Waals surface area contributed by atoms with Crippen molar-refractivity contribution in [3.8, 4) is 0 Å². The van der Waals surface area contributed by atoms with Crippen molar-refractivity contribution in [2.24, 2.45) is 17.8 Å². The smallest absolute Gasteiger partial charge is 0.225 e. The van der Waals surface area contributed by atoms with Crippen molar-refractivity contribution in [1.29, 1.82) is 0 Å². The molecule has 0 radical (unpaired) electrons. The Balaban J connectivity index is 2.33. The maximum atomic E-state index is 12.2. The molecule has 0 aliphatic carbocycles. The van der Waals surface area contributed by atoms with E-state index in [1.807, 2.05) is 7.05 Å². The molecule has 0 saturated carbocycles. The van der Waals surface area contributed by atoms with Crippen LogP contribution in [0.1, 0.15) is 40.0 Å². The fraction of sp³-hybridized carbons (Fsp3) is 0.929. The van der Waals surface area contributed by atoms with Crippen LogP contribution in [-0.4, -0.2) is 37.5 Å². The van der Waals surface area contributed by atoms with Crippen LogP contribution in [0.5, 0.6) is 0 Å². The molecule has 17 heavy (non-hydrogen) atoms. The number of nitrogens with zero attached hydrogens (tertiary/aromatic N) is 1. The molecule has 1 unspecified atom stereocenters. The number of piperidine rings is 1. The van der Waals surface area contributed by atoms with Crippen molar-refractivity contribution in [2.45, 2.75) is 40.0 Å². The fourth-order valence-corrected chi connectivity index (χ4v) is 2.36. The molecule has 1 N–H and O–H groups in total. The highest BCUT2D eigenvalue weighted by molar-refractivity contribution is 5.78. The Bertz CT molecular complexity index is 232. The summed E-state index contributed by atoms with van der Waals surface area (Å²) in [6.45, 7) is 9.33. The predicted molar refractivity (Wildman–Crippen MR) is 71.8 cm³/mol. The molecule has 0 aromatic heterocycles. The molecule has 3 heteroatoms. The second-order valence-electron chi connectivity index (χ2n) is 5.69. The highest BCUT2D eigenvalue weighted by atomic mass is 16.2. The summed E-state index contributed by atoms with van der Waals surface area (Å²) in [7, 11) is 2.00. The number of amides is 1. The van der Waals surface area contributed by atoms with Gasteiger partial charge in [-0.15, -0.1) is 0 Å². The van der Waals surface area contributed by atoms with E-state index < -0.39 is 0 Å². The van der Waals surface area contributed by atoms with Gasteiger partial charge in [0.1, 0.15) is 0 Å². The molecular formula is C14H28N2O. The van der Waals surface area contributed by atoms with E-state index in [0.717, 1.165) is 25.6 Å². The minimum atomic E-state index is 0.170. The van der Waals surface area contributed by atoms with Crippen LogP contribution in [0.15, 0.2) is 0 Å². The summed E-state index contributed by atoms with van der Waals surface area (Å²) < 4.78 is 0. The van der Waals surface area contributed by atoms with Gasteiger partial charge >= 0.3 is 0 Å². The number of rotatable bonds is 5. The van der Waals surface area contributed by atoms with Crippen molar-refractivity contribution in [2.75, 3.05) is 26.7 Å². The molecule has 3 nitrogen and oxygen atoms in total. The lowest BCUT2D eigenvalue weighted by atomic mass is 9.91. The molecule has 1 amide bonds. The maximum absolute atomic E-state index is 12.2. The fourth-order valence-electron chi connectivity index (χ4n) is 2.36. The van der Waals surface area contributed by atoms with Gasteiger partial charge in [0.05, 0.1) is 0 Å². The van der Waals surface area contributed by atoms with Crippen LogP contribution in [0.4, 0.5) is 0 Å². The van der Waals surface area contributed by atoms with E-state index in [1.165, 1.54) is 19.3 Å². The first-order valence-corrected chi connectivity index (χ1v) is 6.99. The van der Waals surface area contributed by atoms with E-state index in [-0.39, 0.29) is 5.92 Å². The molecule has 1 saturated heterocycles. The van der Waals surface area contributed by atoms with Crippen molar-refractivity contribution >= 4 is 5.91 Å². The number of likely N-dealkylation sites (tertiary alicyclic amines) is 1. The summed E-state index contributed by atoms with van der Waals surface area (Å²) in [6.07, 6.45) is 3.61. The third-order valence-corrected chi connectivity index (χ3v) is 4.12. The molecular weight excluding hydrogens is 212 g/mol. The first-order chi connectivity index (χ1) is 8.06. The molecule has 1 aliphatic rings. The monoisotopic (exact) mass is 240 g/mol. The topological polar surface area (TPSA) is 32.3 Å². The van der Waals surface area contributed by atoms with Crippen LogP contribution in [0, 0.1) is 17.8 Å². The maximum Gasteiger partial charge on any atom is 0.225 e. The van der Waals surface area contributed by atoms with Gasteiger partial charge in [-0.2, -0.15) is 0 Å². The molecule has 0 aromatic carbocycles. The summed E-state index contributed by atoms with van der Waals surface area (Å²) in [4.78, 5) is 14.2. The zero-order valence-electron chi connectivity index (χ0n) is 11.8. The molecule has 1 atom stereocenters. The average molecular weight is 240 g/mol. The molecule has 1 rings (SSSR count). The van der Waals surface area contributed by atoms with E-state index in [4.69, 9.17) is 0 Å². The molecule has 0 bridgehead atoms. The molecule has 100 valence electrons. The summed E-state index contributed by atoms with van der Waals surface area (Å²) in [5, 5.41) is 3.20. The Labute approximate surface area is 106 Å². The zero-order valence-corrected chi connectivity index (χ0v) is 11.8. The van der Waals surface area contributed by atoms with E-state index >= 15 is 0 Å². The molecule has 0 spiro atoms. The molecule has 0 aromatic rings. The second kappa shape index (κ2) is 7.00. The van der Waals surface area contributed by atoms with Gasteiger partial charge in [0, 0.05) is 19.0 Å². The van der Waals surface area contributed by atoms with Crippen molar-refractivity contribution in [1.82, 2.24) is 10.2 Å². The van der Waals surface area contributed by atoms with Gasteiger partial charge in [0.25, 0.3) is 0 Å². The van der Waals surface area contributed by atoms with Crippen LogP contribution in [0.3, 0.4) is 0 Å². The van der Waals surface area contributed by atoms with Crippen molar-refractivity contribution in [3.63, 3.8) is 0 Å². The third-order valence-electron chi connectivity index (χ3n) is 4.12. The zero-order chi connectivity index (χ0) is 12.8. The highest BCUT2D eigenvalue weighted by Gasteiger charge is 2.26. The van der Waals surface area contributed by atoms with E-state index in [0.29, 0.717) is 11.8 Å². The standard InChI is InChI=1S/C14H28N2O/c1-11(2)12(3)14(17)16-9-6-13(7-10-16)5-8-15-4/h11-13,15H,5-10H2,1-4H3. The Morgan fingerprint density at radius 1 is 1.29 bits per heavy atom. The lowest BCUT2D eigenvalue weighted by molar-refractivity contribution is -0.137. The quantitative estimate of drug-likeness (QED) is 0.798. The number of hydrogen-bond donors (Lipinski definition) is 1. The van der Waals surface area contributed by atoms with Crippen LogP contribution in [-0.2, 0) is 4.79 Å². The third kappa shape index (κ3) is 4.30. The SMILES string of the molecule is CNCCC1CCN(C(=O)C(C)C(C)C)CC1. The number of carbonyl (C=O) groups excluding carboxylic acids is 1. The van der Waals surface area contributed by atoms with Gasteiger partial charge < -0.3 is 10.2 Å². The number of carbonyl (C=O) groups is 1. The average Bonchev–Trinajstić information content (AvgIpc) is 2.35. The van der Waals surface area contributed by atoms with Crippen LogP contribution < -0.4 is 5.32 Å². The predicted octanol–water partition coefficient (Wildman–Crippen LogP) is 2.13. The van der Waals surface area contributed by atoms with Crippen molar-refractivity contribution < 1.29 is 4.79 Å². The summed E-state index contributed by atoms with van der Waals surface area (Å²) in [6, 6.07) is 0. The first kappa shape index (κ1) is 14.5. The minimum Gasteiger partial charge on any atom is -0.342 e. The normalized spacial score (nSPS) is 19.7.